The second-order valence-corrected chi connectivity index (χ2v) is 8.41. The highest BCUT2D eigenvalue weighted by molar-refractivity contribution is 7.18. The summed E-state index contributed by atoms with van der Waals surface area (Å²) in [6.07, 6.45) is 2.24. The Bertz CT molecular complexity index is 735. The summed E-state index contributed by atoms with van der Waals surface area (Å²) in [6, 6.07) is 8.54. The average molecular weight is 373 g/mol. The maximum atomic E-state index is 13.1. The number of carbonyl (C=O) groups is 1. The minimum absolute atomic E-state index is 0.0670. The second kappa shape index (κ2) is 7.62. The van der Waals surface area contributed by atoms with Gasteiger partial charge in [0, 0.05) is 26.2 Å². The summed E-state index contributed by atoms with van der Waals surface area (Å²) in [6.45, 7) is 10.0. The summed E-state index contributed by atoms with van der Waals surface area (Å²) >= 11 is 1.78. The normalized spacial score (nSPS) is 23.6. The van der Waals surface area contributed by atoms with Crippen LogP contribution >= 0.6 is 11.3 Å². The lowest BCUT2D eigenvalue weighted by Crippen LogP contribution is -2.54. The molecule has 6 heteroatoms. The molecule has 1 aromatic carbocycles. The molecule has 0 bridgehead atoms. The van der Waals surface area contributed by atoms with E-state index in [0.717, 1.165) is 57.6 Å². The van der Waals surface area contributed by atoms with Crippen LogP contribution in [0, 0.1) is 0 Å². The summed E-state index contributed by atoms with van der Waals surface area (Å²) < 4.78 is 1.24. The van der Waals surface area contributed by atoms with Crippen LogP contribution in [-0.4, -0.2) is 70.9 Å². The largest absolute Gasteiger partial charge is 0.339 e. The third-order valence-electron chi connectivity index (χ3n) is 5.88. The van der Waals surface area contributed by atoms with E-state index in [1.54, 1.807) is 11.3 Å². The number of carbonyl (C=O) groups excluding carboxylic acids is 1. The summed E-state index contributed by atoms with van der Waals surface area (Å²) in [5, 5.41) is 1.17. The van der Waals surface area contributed by atoms with Crippen molar-refractivity contribution in [3.05, 3.63) is 29.3 Å². The second-order valence-electron chi connectivity index (χ2n) is 7.35. The minimum Gasteiger partial charge on any atom is -0.339 e. The summed E-state index contributed by atoms with van der Waals surface area (Å²) in [7, 11) is 0. The van der Waals surface area contributed by atoms with Crippen molar-refractivity contribution < 1.29 is 4.79 Å². The number of rotatable bonds is 4. The van der Waals surface area contributed by atoms with Crippen molar-refractivity contribution in [2.45, 2.75) is 38.8 Å². The highest BCUT2D eigenvalue weighted by Gasteiger charge is 2.36. The minimum atomic E-state index is -0.0670. The lowest BCUT2D eigenvalue weighted by molar-refractivity contribution is -0.138. The van der Waals surface area contributed by atoms with Gasteiger partial charge < -0.3 is 9.80 Å². The number of hydrogen-bond donors (Lipinski definition) is 0. The number of likely N-dealkylation sites (N-methyl/N-ethyl adjacent to an activating group) is 1. The van der Waals surface area contributed by atoms with Gasteiger partial charge in [-0.2, -0.15) is 0 Å². The molecular formula is C20H28N4OS. The van der Waals surface area contributed by atoms with Gasteiger partial charge in [-0.25, -0.2) is 4.98 Å². The van der Waals surface area contributed by atoms with E-state index < -0.39 is 0 Å². The van der Waals surface area contributed by atoms with Crippen LogP contribution in [0.2, 0.25) is 0 Å². The predicted molar refractivity (Wildman–Crippen MR) is 106 cm³/mol. The van der Waals surface area contributed by atoms with Crippen LogP contribution < -0.4 is 0 Å². The topological polar surface area (TPSA) is 39.7 Å². The van der Waals surface area contributed by atoms with Gasteiger partial charge in [-0.3, -0.25) is 9.69 Å². The Labute approximate surface area is 159 Å². The zero-order valence-electron chi connectivity index (χ0n) is 15.7. The van der Waals surface area contributed by atoms with E-state index in [9.17, 15) is 4.79 Å². The number of nitrogens with zero attached hydrogens (tertiary/aromatic N) is 4. The monoisotopic (exact) mass is 372 g/mol. The molecule has 2 aromatic rings. The Hall–Kier alpha value is -1.50. The third-order valence-corrected chi connectivity index (χ3v) is 7.01. The van der Waals surface area contributed by atoms with Gasteiger partial charge in [0.15, 0.2) is 0 Å². The van der Waals surface area contributed by atoms with E-state index in [1.807, 2.05) is 6.07 Å². The Morgan fingerprint density at radius 2 is 2.00 bits per heavy atom. The van der Waals surface area contributed by atoms with E-state index in [0.29, 0.717) is 0 Å². The molecule has 0 spiro atoms. The van der Waals surface area contributed by atoms with Gasteiger partial charge in [0.05, 0.1) is 22.3 Å². The van der Waals surface area contributed by atoms with Crippen LogP contribution in [0.1, 0.15) is 37.7 Å². The van der Waals surface area contributed by atoms with Crippen LogP contribution in [-0.2, 0) is 4.79 Å². The van der Waals surface area contributed by atoms with Gasteiger partial charge in [0.2, 0.25) is 5.91 Å². The molecule has 26 heavy (non-hydrogen) atoms. The number of para-hydroxylation sites is 1. The van der Waals surface area contributed by atoms with Crippen molar-refractivity contribution in [2.24, 2.45) is 0 Å². The zero-order chi connectivity index (χ0) is 18.1. The zero-order valence-corrected chi connectivity index (χ0v) is 16.5. The molecule has 2 saturated heterocycles. The van der Waals surface area contributed by atoms with Crippen molar-refractivity contribution >= 4 is 27.5 Å². The van der Waals surface area contributed by atoms with Gasteiger partial charge in [-0.1, -0.05) is 19.1 Å². The van der Waals surface area contributed by atoms with E-state index in [-0.39, 0.29) is 18.0 Å². The molecule has 140 valence electrons. The fraction of sp³-hybridized carbons (Fsp3) is 0.600. The van der Waals surface area contributed by atoms with Crippen molar-refractivity contribution in [3.8, 4) is 0 Å². The van der Waals surface area contributed by atoms with Crippen molar-refractivity contribution in [1.82, 2.24) is 19.7 Å². The number of aromatic nitrogens is 1. The number of thiazole rings is 1. The third kappa shape index (κ3) is 3.38. The van der Waals surface area contributed by atoms with Gasteiger partial charge in [-0.05, 0) is 45.0 Å². The standard InChI is InChI=1S/C20H28N4OS/c1-3-22-11-13-23(14-12-22)20(25)15(2)24-10-6-8-17(24)19-21-16-7-4-5-9-18(16)26-19/h4-5,7,9,15,17H,3,6,8,10-14H2,1-2H3. The quantitative estimate of drug-likeness (QED) is 0.827. The molecule has 5 nitrogen and oxygen atoms in total. The first-order valence-electron chi connectivity index (χ1n) is 9.79. The van der Waals surface area contributed by atoms with Crippen LogP contribution in [0.5, 0.6) is 0 Å². The molecule has 0 saturated carbocycles. The molecule has 2 fully saturated rings. The molecule has 3 heterocycles. The Kier molecular flexibility index (Phi) is 5.25. The van der Waals surface area contributed by atoms with Gasteiger partial charge in [-0.15, -0.1) is 11.3 Å². The lowest BCUT2D eigenvalue weighted by Gasteiger charge is -2.38. The SMILES string of the molecule is CCN1CCN(C(=O)C(C)N2CCCC2c2nc3ccccc3s2)CC1. The molecule has 2 atom stereocenters. The number of piperazine rings is 1. The smallest absolute Gasteiger partial charge is 0.239 e. The van der Waals surface area contributed by atoms with Crippen LogP contribution in [0.4, 0.5) is 0 Å². The fourth-order valence-corrected chi connectivity index (χ4v) is 5.36. The first kappa shape index (κ1) is 17.9. The predicted octanol–water partition coefficient (Wildman–Crippen LogP) is 2.99. The van der Waals surface area contributed by atoms with E-state index in [4.69, 9.17) is 4.98 Å². The number of hydrogen-bond acceptors (Lipinski definition) is 5. The highest BCUT2D eigenvalue weighted by atomic mass is 32.1. The van der Waals surface area contributed by atoms with E-state index in [2.05, 4.69) is 46.7 Å². The Morgan fingerprint density at radius 1 is 1.23 bits per heavy atom. The van der Waals surface area contributed by atoms with Crippen molar-refractivity contribution in [3.63, 3.8) is 0 Å². The number of amides is 1. The van der Waals surface area contributed by atoms with Gasteiger partial charge >= 0.3 is 0 Å². The molecule has 2 aliphatic heterocycles. The van der Waals surface area contributed by atoms with E-state index in [1.165, 1.54) is 9.71 Å². The molecule has 2 unspecified atom stereocenters. The Morgan fingerprint density at radius 3 is 2.73 bits per heavy atom. The number of likely N-dealkylation sites (tertiary alicyclic amines) is 1. The van der Waals surface area contributed by atoms with Crippen LogP contribution in [0.15, 0.2) is 24.3 Å². The van der Waals surface area contributed by atoms with Crippen LogP contribution in [0.3, 0.4) is 0 Å². The highest BCUT2D eigenvalue weighted by Crippen LogP contribution is 2.37. The molecule has 2 aliphatic rings. The van der Waals surface area contributed by atoms with Gasteiger partial charge in [0.1, 0.15) is 5.01 Å². The molecule has 0 N–H and O–H groups in total. The maximum Gasteiger partial charge on any atom is 0.239 e. The fourth-order valence-electron chi connectivity index (χ4n) is 4.24. The summed E-state index contributed by atoms with van der Waals surface area (Å²) in [4.78, 5) is 24.8. The number of benzene rings is 1. The molecule has 1 aromatic heterocycles. The maximum absolute atomic E-state index is 13.1. The first-order valence-corrected chi connectivity index (χ1v) is 10.6. The van der Waals surface area contributed by atoms with Gasteiger partial charge in [0.25, 0.3) is 0 Å². The summed E-state index contributed by atoms with van der Waals surface area (Å²) in [5.41, 5.74) is 1.08. The number of fused-ring (bicyclic) bond motifs is 1. The first-order chi connectivity index (χ1) is 12.7. The molecule has 0 radical (unpaired) electrons. The molecule has 0 aliphatic carbocycles. The Balaban J connectivity index is 1.48. The molecular weight excluding hydrogens is 344 g/mol. The average Bonchev–Trinajstić information content (AvgIpc) is 3.33. The molecule has 1 amide bonds. The van der Waals surface area contributed by atoms with Crippen molar-refractivity contribution in [1.29, 1.82) is 0 Å². The van der Waals surface area contributed by atoms with Crippen LogP contribution in [0.25, 0.3) is 10.2 Å². The molecule has 4 rings (SSSR count). The summed E-state index contributed by atoms with van der Waals surface area (Å²) in [5.74, 6) is 0.286. The van der Waals surface area contributed by atoms with Crippen molar-refractivity contribution in [2.75, 3.05) is 39.3 Å². The van der Waals surface area contributed by atoms with E-state index >= 15 is 0 Å². The lowest BCUT2D eigenvalue weighted by atomic mass is 10.1.